The number of hydrogen-bond donors (Lipinski definition) is 1. The summed E-state index contributed by atoms with van der Waals surface area (Å²) in [7, 11) is -5.73. The van der Waals surface area contributed by atoms with Crippen LogP contribution >= 0.6 is 0 Å². The summed E-state index contributed by atoms with van der Waals surface area (Å²) in [6.45, 7) is 32.2. The summed E-state index contributed by atoms with van der Waals surface area (Å²) >= 11 is 0. The van der Waals surface area contributed by atoms with E-state index >= 15 is 0 Å². The van der Waals surface area contributed by atoms with E-state index in [9.17, 15) is 18.0 Å². The topological polar surface area (TPSA) is 144 Å². The number of carbonyl (C=O) groups is 2. The molecular formula is C42H66N3O10SSi2. The monoisotopic (exact) mass is 860 g/mol. The van der Waals surface area contributed by atoms with Gasteiger partial charge in [-0.25, -0.2) is 9.36 Å². The van der Waals surface area contributed by atoms with Crippen molar-refractivity contribution in [3.8, 4) is 28.5 Å². The molecular weight excluding hydrogens is 795 g/mol. The summed E-state index contributed by atoms with van der Waals surface area (Å²) in [5.74, 6) is 0.123. The maximum Gasteiger partial charge on any atom is 0.419 e. The quantitative estimate of drug-likeness (QED) is 0.109. The van der Waals surface area contributed by atoms with E-state index in [0.717, 1.165) is 19.3 Å². The number of fused-ring (bicyclic) bond motifs is 2. The van der Waals surface area contributed by atoms with Crippen LogP contribution in [-0.4, -0.2) is 105 Å². The van der Waals surface area contributed by atoms with Crippen molar-refractivity contribution in [3.63, 3.8) is 0 Å². The number of nitrogens with one attached hydrogen (secondary N) is 1. The number of ether oxygens (including phenoxy) is 3. The molecule has 2 aromatic carbocycles. The van der Waals surface area contributed by atoms with Crippen molar-refractivity contribution in [3.05, 3.63) is 41.5 Å². The average Bonchev–Trinajstić information content (AvgIpc) is 3.64. The highest BCUT2D eigenvalue weighted by Crippen LogP contribution is 2.44. The van der Waals surface area contributed by atoms with Crippen LogP contribution < -0.4 is 19.0 Å². The Kier molecular flexibility index (Phi) is 14.4. The van der Waals surface area contributed by atoms with E-state index in [-0.39, 0.29) is 46.3 Å². The Hall–Kier alpha value is -3.42. The van der Waals surface area contributed by atoms with Gasteiger partial charge in [0.15, 0.2) is 19.8 Å². The Morgan fingerprint density at radius 1 is 1.02 bits per heavy atom. The van der Waals surface area contributed by atoms with E-state index in [1.54, 1.807) is 32.9 Å². The Balaban J connectivity index is 1.79. The lowest BCUT2D eigenvalue weighted by Crippen LogP contribution is -2.51. The molecule has 2 atom stereocenters. The first-order valence-corrected chi connectivity index (χ1v) is 27.0. The largest absolute Gasteiger partial charge is 0.493 e. The molecule has 58 heavy (non-hydrogen) atoms. The van der Waals surface area contributed by atoms with E-state index in [4.69, 9.17) is 27.2 Å². The average molecular weight is 861 g/mol. The first-order chi connectivity index (χ1) is 26.5. The van der Waals surface area contributed by atoms with Gasteiger partial charge < -0.3 is 32.6 Å². The maximum absolute atomic E-state index is 14.0. The highest BCUT2D eigenvalue weighted by Gasteiger charge is 2.40. The lowest BCUT2D eigenvalue weighted by molar-refractivity contribution is 0.0241. The molecule has 0 spiro atoms. The smallest absolute Gasteiger partial charge is 0.419 e. The van der Waals surface area contributed by atoms with Crippen LogP contribution in [-0.2, 0) is 30.3 Å². The number of nitrogens with zero attached hydrogens (tertiary/aromatic N) is 2. The minimum atomic E-state index is -3.97. The van der Waals surface area contributed by atoms with E-state index in [1.807, 2.05) is 12.1 Å². The second-order valence-electron chi connectivity index (χ2n) is 18.9. The third kappa shape index (κ3) is 11.7. The molecule has 0 saturated carbocycles. The molecule has 1 N–H and O–H groups in total. The van der Waals surface area contributed by atoms with Crippen LogP contribution in [0.25, 0.3) is 22.2 Å². The standard InChI is InChI=1S/C42H66N3O10SSi2/c1-17-44(25-35(40(2,3)4)54-57(13)14)24-29(55-58(15,16)42(8,9)10)26-51-28-18-19-32-27(20-28)21-33(45(32)39(47)52-41(5,6)7)30-22-34(50-11)37(53-56(12,48)49)31-23-43-38(46)36(30)31/h18-22,29,35H,17,23-26H2,1-16H3,(H,43,46). The lowest BCUT2D eigenvalue weighted by Gasteiger charge is -2.41. The molecule has 323 valence electrons. The van der Waals surface area contributed by atoms with Gasteiger partial charge in [0.05, 0.1) is 42.3 Å². The Morgan fingerprint density at radius 2 is 1.67 bits per heavy atom. The third-order valence-corrected chi connectivity index (χ3v) is 16.2. The number of rotatable bonds is 16. The van der Waals surface area contributed by atoms with Crippen molar-refractivity contribution < 1.29 is 45.3 Å². The summed E-state index contributed by atoms with van der Waals surface area (Å²) in [5.41, 5.74) is 0.804. The molecule has 0 saturated heterocycles. The molecule has 13 nitrogen and oxygen atoms in total. The van der Waals surface area contributed by atoms with Crippen molar-refractivity contribution in [1.82, 2.24) is 14.8 Å². The van der Waals surface area contributed by atoms with Gasteiger partial charge in [-0.05, 0) is 94.3 Å². The zero-order valence-corrected chi connectivity index (χ0v) is 40.3. The van der Waals surface area contributed by atoms with Crippen molar-refractivity contribution in [1.29, 1.82) is 0 Å². The molecule has 2 heterocycles. The molecule has 3 aromatic rings. The molecule has 1 aliphatic heterocycles. The van der Waals surface area contributed by atoms with E-state index in [1.165, 1.54) is 17.7 Å². The summed E-state index contributed by atoms with van der Waals surface area (Å²) in [6.07, 6.45) is 0.0821. The van der Waals surface area contributed by atoms with Crippen LogP contribution in [0.4, 0.5) is 4.79 Å². The fourth-order valence-corrected chi connectivity index (χ4v) is 9.31. The number of methoxy groups -OCH3 is 1. The number of likely N-dealkylation sites (N-methyl/N-ethyl adjacent to an activating group) is 1. The fraction of sp³-hybridized carbons (Fsp3) is 0.619. The second kappa shape index (κ2) is 17.7. The van der Waals surface area contributed by atoms with E-state index in [2.05, 4.69) is 84.9 Å². The van der Waals surface area contributed by atoms with Crippen molar-refractivity contribution in [2.24, 2.45) is 5.41 Å². The Morgan fingerprint density at radius 3 is 2.21 bits per heavy atom. The van der Waals surface area contributed by atoms with Crippen LogP contribution in [0.15, 0.2) is 30.3 Å². The zero-order chi connectivity index (χ0) is 43.8. The Labute approximate surface area is 349 Å². The van der Waals surface area contributed by atoms with Gasteiger partial charge in [-0.15, -0.1) is 0 Å². The first kappa shape index (κ1) is 47.3. The molecule has 1 aliphatic rings. The van der Waals surface area contributed by atoms with Crippen LogP contribution in [0.2, 0.25) is 31.2 Å². The predicted molar refractivity (Wildman–Crippen MR) is 234 cm³/mol. The lowest BCUT2D eigenvalue weighted by atomic mass is 9.89. The van der Waals surface area contributed by atoms with Gasteiger partial charge in [0.1, 0.15) is 18.0 Å². The third-order valence-electron chi connectivity index (χ3n) is 10.5. The first-order valence-electron chi connectivity index (χ1n) is 19.9. The van der Waals surface area contributed by atoms with Crippen LogP contribution in [0.3, 0.4) is 0 Å². The number of amides is 1. The summed E-state index contributed by atoms with van der Waals surface area (Å²) in [5, 5.41) is 3.40. The van der Waals surface area contributed by atoms with Crippen LogP contribution in [0, 0.1) is 5.41 Å². The maximum atomic E-state index is 14.0. The molecule has 0 fully saturated rings. The zero-order valence-electron chi connectivity index (χ0n) is 37.5. The molecule has 4 rings (SSSR count). The Bertz CT molecular complexity index is 2080. The SMILES string of the molecule is CCN(CC(COc1ccc2c(c1)cc(-c1cc(OC)c(OS(C)(=O)=O)c3c1C(=O)NC3)n2C(=O)OC(C)(C)C)O[Si](C)(C)C(C)(C)C)CC(O[Si](C)C)C(C)(C)C. The number of aromatic nitrogens is 1. The highest BCUT2D eigenvalue weighted by atomic mass is 32.2. The van der Waals surface area contributed by atoms with E-state index < -0.39 is 45.1 Å². The van der Waals surface area contributed by atoms with Gasteiger partial charge in [-0.2, -0.15) is 8.42 Å². The number of benzene rings is 2. The summed E-state index contributed by atoms with van der Waals surface area (Å²) in [4.78, 5) is 29.8. The minimum Gasteiger partial charge on any atom is -0.493 e. The molecule has 1 radical (unpaired) electrons. The van der Waals surface area contributed by atoms with Crippen molar-refractivity contribution in [2.45, 2.75) is 125 Å². The predicted octanol–water partition coefficient (Wildman–Crippen LogP) is 8.46. The van der Waals surface area contributed by atoms with Crippen LogP contribution in [0.5, 0.6) is 17.2 Å². The molecule has 16 heteroatoms. The van der Waals surface area contributed by atoms with Gasteiger partial charge in [-0.3, -0.25) is 9.69 Å². The summed E-state index contributed by atoms with van der Waals surface area (Å²) in [6, 6.07) is 8.76. The molecule has 0 aliphatic carbocycles. The molecule has 0 bridgehead atoms. The second-order valence-corrected chi connectivity index (χ2v) is 27.3. The van der Waals surface area contributed by atoms with Gasteiger partial charge in [0, 0.05) is 36.1 Å². The van der Waals surface area contributed by atoms with Gasteiger partial charge in [0.25, 0.3) is 5.91 Å². The molecule has 2 unspecified atom stereocenters. The minimum absolute atomic E-state index is 0.00429. The fourth-order valence-electron chi connectivity index (χ4n) is 6.50. The van der Waals surface area contributed by atoms with Gasteiger partial charge in [-0.1, -0.05) is 48.5 Å². The normalized spacial score (nSPS) is 15.1. The van der Waals surface area contributed by atoms with Crippen molar-refractivity contribution in [2.75, 3.05) is 39.6 Å². The van der Waals surface area contributed by atoms with Gasteiger partial charge >= 0.3 is 16.2 Å². The molecule has 1 aromatic heterocycles. The summed E-state index contributed by atoms with van der Waals surface area (Å²) < 4.78 is 62.8. The molecule has 1 amide bonds. The van der Waals surface area contributed by atoms with E-state index in [0.29, 0.717) is 46.6 Å². The van der Waals surface area contributed by atoms with Crippen LogP contribution in [0.1, 0.15) is 85.2 Å². The van der Waals surface area contributed by atoms with Crippen molar-refractivity contribution >= 4 is 50.4 Å². The number of hydrogen-bond acceptors (Lipinski definition) is 11. The number of carbonyl (C=O) groups excluding carboxylic acids is 2. The highest BCUT2D eigenvalue weighted by molar-refractivity contribution is 7.86. The van der Waals surface area contributed by atoms with Gasteiger partial charge in [0.2, 0.25) is 9.04 Å².